The molecule has 2 atom stereocenters. The molecule has 1 N–H and O–H groups in total. The minimum absolute atomic E-state index is 0.0795. The number of halogens is 3. The lowest BCUT2D eigenvalue weighted by Gasteiger charge is -2.23. The van der Waals surface area contributed by atoms with Crippen LogP contribution in [0.25, 0.3) is 0 Å². The lowest BCUT2D eigenvalue weighted by Crippen LogP contribution is -2.38. The Kier molecular flexibility index (Phi) is 7.29. The summed E-state index contributed by atoms with van der Waals surface area (Å²) in [6, 6.07) is 3.65. The number of rotatable bonds is 4. The van der Waals surface area contributed by atoms with Crippen LogP contribution in [0.3, 0.4) is 0 Å². The number of carbonyl (C=O) groups is 2. The smallest absolute Gasteiger partial charge is 0.486 e. The first-order chi connectivity index (χ1) is 13.8. The fourth-order valence-electron chi connectivity index (χ4n) is 3.14. The van der Waals surface area contributed by atoms with Gasteiger partial charge in [-0.3, -0.25) is 9.78 Å². The van der Waals surface area contributed by atoms with Crippen molar-refractivity contribution in [1.82, 2.24) is 9.88 Å². The second kappa shape index (κ2) is 9.16. The fourth-order valence-corrected chi connectivity index (χ4v) is 3.78. The maximum Gasteiger partial charge on any atom is 0.490 e. The number of hydrogen-bond donors (Lipinski definition) is 1. The Labute approximate surface area is 170 Å². The zero-order valence-electron chi connectivity index (χ0n) is 16.0. The molecule has 0 radical (unpaired) electrons. The molecule has 0 aliphatic carbocycles. The average Bonchev–Trinajstić information content (AvgIpc) is 3.21. The number of sulfone groups is 1. The molecule has 1 spiro atoms. The second-order valence-corrected chi connectivity index (χ2v) is 9.21. The van der Waals surface area contributed by atoms with E-state index in [1.54, 1.807) is 17.3 Å². The van der Waals surface area contributed by atoms with Gasteiger partial charge < -0.3 is 19.5 Å². The highest BCUT2D eigenvalue weighted by molar-refractivity contribution is 7.91. The van der Waals surface area contributed by atoms with Crippen molar-refractivity contribution in [1.29, 1.82) is 0 Å². The van der Waals surface area contributed by atoms with Gasteiger partial charge in [0.2, 0.25) is 5.91 Å². The molecule has 2 saturated heterocycles. The quantitative estimate of drug-likeness (QED) is 0.712. The van der Waals surface area contributed by atoms with E-state index in [1.165, 1.54) is 0 Å². The van der Waals surface area contributed by atoms with E-state index in [-0.39, 0.29) is 12.0 Å². The maximum absolute atomic E-state index is 12.0. The van der Waals surface area contributed by atoms with E-state index in [0.29, 0.717) is 38.3 Å². The first-order valence-corrected chi connectivity index (χ1v) is 10.8. The van der Waals surface area contributed by atoms with Crippen LogP contribution in [0.2, 0.25) is 0 Å². The zero-order chi connectivity index (χ0) is 22.6. The van der Waals surface area contributed by atoms with E-state index in [0.717, 1.165) is 6.26 Å². The second-order valence-electron chi connectivity index (χ2n) is 7.07. The molecule has 2 aliphatic rings. The summed E-state index contributed by atoms with van der Waals surface area (Å²) in [5.74, 6) is -2.86. The highest BCUT2D eigenvalue weighted by Gasteiger charge is 2.47. The average molecular weight is 454 g/mol. The lowest BCUT2D eigenvalue weighted by atomic mass is 9.98. The zero-order valence-corrected chi connectivity index (χ0v) is 16.8. The lowest BCUT2D eigenvalue weighted by molar-refractivity contribution is -0.192. The molecule has 3 rings (SSSR count). The number of amides is 1. The largest absolute Gasteiger partial charge is 0.490 e. The molecule has 0 saturated carbocycles. The van der Waals surface area contributed by atoms with Crippen LogP contribution in [-0.4, -0.2) is 84.9 Å². The van der Waals surface area contributed by atoms with Gasteiger partial charge in [0, 0.05) is 32.0 Å². The first kappa shape index (κ1) is 23.9. The Morgan fingerprint density at radius 2 is 2.10 bits per heavy atom. The van der Waals surface area contributed by atoms with E-state index < -0.39 is 33.3 Å². The van der Waals surface area contributed by atoms with Crippen LogP contribution in [0.1, 0.15) is 12.8 Å². The number of pyridine rings is 1. The standard InChI is InChI=1S/C15H20N2O5S.C2HF3O2/c1-23(19,20)10-14(18)17-6-4-15(11-17)7-13(9-21-15)22-12-3-2-5-16-8-12;3-2(4,5)1(6)7/h2-3,5,8,13H,4,6-7,9-11H2,1H3;(H,6,7)/t13-,15+;/m1./s1. The number of aromatic nitrogens is 1. The summed E-state index contributed by atoms with van der Waals surface area (Å²) in [7, 11) is -3.31. The van der Waals surface area contributed by atoms with E-state index in [2.05, 4.69) is 4.98 Å². The third kappa shape index (κ3) is 7.13. The van der Waals surface area contributed by atoms with Crippen molar-refractivity contribution in [3.63, 3.8) is 0 Å². The third-order valence-electron chi connectivity index (χ3n) is 4.41. The van der Waals surface area contributed by atoms with Crippen LogP contribution in [0.5, 0.6) is 5.75 Å². The van der Waals surface area contributed by atoms with Crippen molar-refractivity contribution < 1.29 is 45.8 Å². The molecule has 1 amide bonds. The van der Waals surface area contributed by atoms with Crippen molar-refractivity contribution in [2.45, 2.75) is 30.7 Å². The normalized spacial score (nSPS) is 23.7. The summed E-state index contributed by atoms with van der Waals surface area (Å²) in [5.41, 5.74) is -0.417. The van der Waals surface area contributed by atoms with E-state index >= 15 is 0 Å². The minimum atomic E-state index is -5.08. The number of aliphatic carboxylic acids is 1. The number of carbonyl (C=O) groups excluding carboxylic acids is 1. The molecule has 1 aromatic heterocycles. The molecule has 2 aliphatic heterocycles. The molecule has 1 aromatic rings. The van der Waals surface area contributed by atoms with Crippen LogP contribution in [-0.2, 0) is 24.2 Å². The van der Waals surface area contributed by atoms with Crippen LogP contribution in [0.4, 0.5) is 13.2 Å². The monoisotopic (exact) mass is 454 g/mol. The summed E-state index contributed by atoms with van der Waals surface area (Å²) in [6.07, 6.45) is 0.633. The number of carboxylic acids is 1. The molecule has 0 unspecified atom stereocenters. The molecule has 168 valence electrons. The number of nitrogens with zero attached hydrogens (tertiary/aromatic N) is 2. The Morgan fingerprint density at radius 3 is 2.63 bits per heavy atom. The molecule has 2 fully saturated rings. The Bertz CT molecular complexity index is 864. The number of likely N-dealkylation sites (tertiary alicyclic amines) is 1. The highest BCUT2D eigenvalue weighted by atomic mass is 32.2. The van der Waals surface area contributed by atoms with Crippen molar-refractivity contribution >= 4 is 21.7 Å². The van der Waals surface area contributed by atoms with Gasteiger partial charge in [-0.25, -0.2) is 13.2 Å². The summed E-state index contributed by atoms with van der Waals surface area (Å²) in [5, 5.41) is 7.12. The van der Waals surface area contributed by atoms with E-state index in [9.17, 15) is 26.4 Å². The molecule has 3 heterocycles. The Morgan fingerprint density at radius 1 is 1.43 bits per heavy atom. The van der Waals surface area contributed by atoms with Crippen molar-refractivity contribution in [3.8, 4) is 5.75 Å². The molecule has 30 heavy (non-hydrogen) atoms. The van der Waals surface area contributed by atoms with Crippen molar-refractivity contribution in [2.24, 2.45) is 0 Å². The molecule has 0 aromatic carbocycles. The molecule has 0 bridgehead atoms. The molecular formula is C17H21F3N2O7S. The summed E-state index contributed by atoms with van der Waals surface area (Å²) < 4.78 is 66.0. The predicted molar refractivity (Wildman–Crippen MR) is 96.6 cm³/mol. The van der Waals surface area contributed by atoms with Gasteiger partial charge in [0.25, 0.3) is 0 Å². The van der Waals surface area contributed by atoms with Crippen LogP contribution in [0.15, 0.2) is 24.5 Å². The van der Waals surface area contributed by atoms with Gasteiger partial charge >= 0.3 is 12.1 Å². The Balaban J connectivity index is 0.000000396. The van der Waals surface area contributed by atoms with Gasteiger partial charge in [0.05, 0.1) is 18.4 Å². The van der Waals surface area contributed by atoms with E-state index in [4.69, 9.17) is 19.4 Å². The van der Waals surface area contributed by atoms with Gasteiger partial charge in [-0.1, -0.05) is 0 Å². The topological polar surface area (TPSA) is 123 Å². The SMILES string of the molecule is CS(=O)(=O)CC(=O)N1CC[C@]2(C[C@@H](Oc3cccnc3)CO2)C1.O=C(O)C(F)(F)F. The van der Waals surface area contributed by atoms with Crippen LogP contribution >= 0.6 is 0 Å². The molecule has 13 heteroatoms. The van der Waals surface area contributed by atoms with Gasteiger partial charge in [0.1, 0.15) is 17.6 Å². The summed E-state index contributed by atoms with van der Waals surface area (Å²) >= 11 is 0. The van der Waals surface area contributed by atoms with Crippen molar-refractivity contribution in [3.05, 3.63) is 24.5 Å². The molecular weight excluding hydrogens is 433 g/mol. The predicted octanol–water partition coefficient (Wildman–Crippen LogP) is 0.898. The number of alkyl halides is 3. The van der Waals surface area contributed by atoms with Gasteiger partial charge in [-0.2, -0.15) is 13.2 Å². The first-order valence-electron chi connectivity index (χ1n) is 8.76. The van der Waals surface area contributed by atoms with Gasteiger partial charge in [-0.05, 0) is 18.6 Å². The van der Waals surface area contributed by atoms with Gasteiger partial charge in [-0.15, -0.1) is 0 Å². The molecule has 9 nitrogen and oxygen atoms in total. The number of hydrogen-bond acceptors (Lipinski definition) is 7. The van der Waals surface area contributed by atoms with Gasteiger partial charge in [0.15, 0.2) is 9.84 Å². The fraction of sp³-hybridized carbons (Fsp3) is 0.588. The summed E-state index contributed by atoms with van der Waals surface area (Å²) in [4.78, 5) is 26.5. The van der Waals surface area contributed by atoms with Crippen LogP contribution < -0.4 is 4.74 Å². The van der Waals surface area contributed by atoms with Crippen molar-refractivity contribution in [2.75, 3.05) is 31.7 Å². The highest BCUT2D eigenvalue weighted by Crippen LogP contribution is 2.36. The third-order valence-corrected chi connectivity index (χ3v) is 5.18. The maximum atomic E-state index is 12.0. The minimum Gasteiger partial charge on any atom is -0.486 e. The number of carboxylic acid groups (broad SMARTS) is 1. The summed E-state index contributed by atoms with van der Waals surface area (Å²) in [6.45, 7) is 1.41. The van der Waals surface area contributed by atoms with E-state index in [1.807, 2.05) is 12.1 Å². The Hall–Kier alpha value is -2.41. The van der Waals surface area contributed by atoms with Crippen LogP contribution in [0, 0.1) is 0 Å². The number of ether oxygens (including phenoxy) is 2.